The van der Waals surface area contributed by atoms with Crippen LogP contribution < -0.4 is 0 Å². The summed E-state index contributed by atoms with van der Waals surface area (Å²) in [5.41, 5.74) is 4.03. The van der Waals surface area contributed by atoms with Crippen molar-refractivity contribution in [3.8, 4) is 0 Å². The lowest BCUT2D eigenvalue weighted by molar-refractivity contribution is -0.384. The first kappa shape index (κ1) is 25.1. The molecule has 0 unspecified atom stereocenters. The van der Waals surface area contributed by atoms with Gasteiger partial charge in [0.2, 0.25) is 0 Å². The zero-order valence-electron chi connectivity index (χ0n) is 19.5. The highest BCUT2D eigenvalue weighted by molar-refractivity contribution is 8.18. The molecule has 0 aliphatic carbocycles. The number of carbonyl (C=O) groups is 2. The molecule has 186 valence electrons. The summed E-state index contributed by atoms with van der Waals surface area (Å²) >= 11 is 13.4. The summed E-state index contributed by atoms with van der Waals surface area (Å²) in [5.74, 6) is -0.432. The van der Waals surface area contributed by atoms with E-state index in [1.807, 2.05) is 37.3 Å². The van der Waals surface area contributed by atoms with Gasteiger partial charge in [0, 0.05) is 50.9 Å². The van der Waals surface area contributed by atoms with Crippen LogP contribution >= 0.6 is 35.0 Å². The highest BCUT2D eigenvalue weighted by Gasteiger charge is 2.35. The molecule has 1 saturated heterocycles. The topological polar surface area (TPSA) is 85.5 Å². The molecule has 0 spiro atoms. The summed E-state index contributed by atoms with van der Waals surface area (Å²) in [6.07, 6.45) is 1.75. The number of non-ortho nitro benzene ring substituents is 1. The quantitative estimate of drug-likeness (QED) is 0.141. The van der Waals surface area contributed by atoms with Crippen molar-refractivity contribution in [3.05, 3.63) is 114 Å². The fraction of sp³-hybridized carbons (Fsp3) is 0.111. The zero-order chi connectivity index (χ0) is 26.3. The van der Waals surface area contributed by atoms with E-state index >= 15 is 0 Å². The van der Waals surface area contributed by atoms with Crippen LogP contribution in [0.2, 0.25) is 10.0 Å². The largest absolute Gasteiger partial charge is 0.340 e. The van der Waals surface area contributed by atoms with Crippen molar-refractivity contribution in [2.45, 2.75) is 20.0 Å². The van der Waals surface area contributed by atoms with Crippen LogP contribution in [0.25, 0.3) is 17.0 Å². The van der Waals surface area contributed by atoms with Gasteiger partial charge in [-0.15, -0.1) is 0 Å². The molecule has 37 heavy (non-hydrogen) atoms. The van der Waals surface area contributed by atoms with Crippen molar-refractivity contribution < 1.29 is 14.5 Å². The van der Waals surface area contributed by atoms with Crippen molar-refractivity contribution in [2.24, 2.45) is 0 Å². The molecule has 0 bridgehead atoms. The van der Waals surface area contributed by atoms with Crippen molar-refractivity contribution in [3.63, 3.8) is 0 Å². The second-order valence-corrected chi connectivity index (χ2v) is 10.4. The number of amides is 2. The molecule has 0 saturated carbocycles. The van der Waals surface area contributed by atoms with Gasteiger partial charge in [-0.25, -0.2) is 0 Å². The molecule has 0 radical (unpaired) electrons. The number of nitro groups is 1. The minimum atomic E-state index is -0.507. The fourth-order valence-electron chi connectivity index (χ4n) is 4.38. The third kappa shape index (κ3) is 4.87. The summed E-state index contributed by atoms with van der Waals surface area (Å²) in [7, 11) is 0. The van der Waals surface area contributed by atoms with Crippen LogP contribution in [0.1, 0.15) is 22.4 Å². The Labute approximate surface area is 226 Å². The van der Waals surface area contributed by atoms with Gasteiger partial charge in [0.05, 0.1) is 16.4 Å². The van der Waals surface area contributed by atoms with Crippen LogP contribution in [0.4, 0.5) is 10.5 Å². The highest BCUT2D eigenvalue weighted by atomic mass is 35.5. The minimum Gasteiger partial charge on any atom is -0.340 e. The Morgan fingerprint density at radius 1 is 1.00 bits per heavy atom. The predicted octanol–water partition coefficient (Wildman–Crippen LogP) is 7.45. The number of hydrogen-bond acceptors (Lipinski definition) is 5. The number of hydrogen-bond donors (Lipinski definition) is 0. The smallest absolute Gasteiger partial charge is 0.293 e. The molecule has 0 atom stereocenters. The van der Waals surface area contributed by atoms with E-state index in [2.05, 4.69) is 4.57 Å². The molecule has 1 aliphatic rings. The Kier molecular flexibility index (Phi) is 6.81. The minimum absolute atomic E-state index is 0.0422. The van der Waals surface area contributed by atoms with E-state index in [0.29, 0.717) is 27.1 Å². The van der Waals surface area contributed by atoms with Crippen molar-refractivity contribution in [1.29, 1.82) is 0 Å². The van der Waals surface area contributed by atoms with Gasteiger partial charge >= 0.3 is 0 Å². The third-order valence-electron chi connectivity index (χ3n) is 6.23. The van der Waals surface area contributed by atoms with E-state index in [-0.39, 0.29) is 12.2 Å². The van der Waals surface area contributed by atoms with E-state index in [9.17, 15) is 19.7 Å². The van der Waals surface area contributed by atoms with Gasteiger partial charge in [-0.05, 0) is 54.1 Å². The van der Waals surface area contributed by atoms with Gasteiger partial charge in [0.25, 0.3) is 16.8 Å². The molecule has 3 aromatic carbocycles. The second kappa shape index (κ2) is 10.0. The molecule has 1 fully saturated rings. The second-order valence-electron chi connectivity index (χ2n) is 8.53. The Balaban J connectivity index is 1.49. The zero-order valence-corrected chi connectivity index (χ0v) is 21.8. The number of halogens is 2. The van der Waals surface area contributed by atoms with Crippen LogP contribution in [0.5, 0.6) is 0 Å². The van der Waals surface area contributed by atoms with Crippen molar-refractivity contribution in [1.82, 2.24) is 9.47 Å². The monoisotopic (exact) mass is 551 g/mol. The number of rotatable bonds is 6. The van der Waals surface area contributed by atoms with Crippen LogP contribution in [-0.2, 0) is 17.9 Å². The van der Waals surface area contributed by atoms with Gasteiger partial charge in [-0.3, -0.25) is 24.6 Å². The summed E-state index contributed by atoms with van der Waals surface area (Å²) in [6.45, 7) is 2.42. The number of benzene rings is 3. The lowest BCUT2D eigenvalue weighted by Crippen LogP contribution is -2.27. The average Bonchev–Trinajstić information content (AvgIpc) is 3.29. The molecule has 7 nitrogen and oxygen atoms in total. The molecule has 5 rings (SSSR count). The maximum Gasteiger partial charge on any atom is 0.293 e. The molecule has 2 amide bonds. The lowest BCUT2D eigenvalue weighted by atomic mass is 10.1. The van der Waals surface area contributed by atoms with Crippen LogP contribution in [0, 0.1) is 17.0 Å². The van der Waals surface area contributed by atoms with E-state index < -0.39 is 16.1 Å². The normalized spacial score (nSPS) is 14.8. The number of para-hydroxylation sites is 1. The first-order valence-electron chi connectivity index (χ1n) is 11.2. The summed E-state index contributed by atoms with van der Waals surface area (Å²) in [5, 5.41) is 12.7. The van der Waals surface area contributed by atoms with Gasteiger partial charge in [0.15, 0.2) is 0 Å². The highest BCUT2D eigenvalue weighted by Crippen LogP contribution is 2.37. The standard InChI is InChI=1S/C27H19Cl2N3O4S/c1-16-22(21-7-2-3-8-24(21)30(16)15-18-9-10-19(28)12-23(18)29)13-25-26(33)31(27(34)37-25)14-17-5-4-6-20(11-17)32(35)36/h2-13H,14-15H2,1H3. The van der Waals surface area contributed by atoms with Crippen LogP contribution in [-0.4, -0.2) is 25.5 Å². The first-order valence-corrected chi connectivity index (χ1v) is 12.8. The number of carbonyl (C=O) groups excluding carboxylic acids is 2. The molecule has 0 N–H and O–H groups in total. The maximum absolute atomic E-state index is 13.2. The predicted molar refractivity (Wildman–Crippen MR) is 147 cm³/mol. The van der Waals surface area contributed by atoms with E-state index in [1.54, 1.807) is 24.3 Å². The maximum atomic E-state index is 13.2. The van der Waals surface area contributed by atoms with Crippen molar-refractivity contribution in [2.75, 3.05) is 0 Å². The molecular formula is C27H19Cl2N3O4S. The SMILES string of the molecule is Cc1c(C=C2SC(=O)N(Cc3cccc([N+](=O)[O-])c3)C2=O)c2ccccc2n1Cc1ccc(Cl)cc1Cl. The number of imide groups is 1. The van der Waals surface area contributed by atoms with E-state index in [0.717, 1.165) is 44.4 Å². The number of thioether (sulfide) groups is 1. The molecule has 2 heterocycles. The van der Waals surface area contributed by atoms with E-state index in [4.69, 9.17) is 23.2 Å². The first-order chi connectivity index (χ1) is 17.7. The molecule has 4 aromatic rings. The molecule has 1 aromatic heterocycles. The number of fused-ring (bicyclic) bond motifs is 1. The lowest BCUT2D eigenvalue weighted by Gasteiger charge is -2.12. The summed E-state index contributed by atoms with van der Waals surface area (Å²) in [4.78, 5) is 37.9. The summed E-state index contributed by atoms with van der Waals surface area (Å²) < 4.78 is 2.11. The molecular weight excluding hydrogens is 533 g/mol. The molecule has 1 aliphatic heterocycles. The Morgan fingerprint density at radius 3 is 2.54 bits per heavy atom. The average molecular weight is 552 g/mol. The fourth-order valence-corrected chi connectivity index (χ4v) is 5.67. The Hall–Kier alpha value is -3.59. The van der Waals surface area contributed by atoms with E-state index in [1.165, 1.54) is 18.2 Å². The Morgan fingerprint density at radius 2 is 1.78 bits per heavy atom. The third-order valence-corrected chi connectivity index (χ3v) is 7.73. The van der Waals surface area contributed by atoms with Gasteiger partial charge in [0.1, 0.15) is 0 Å². The van der Waals surface area contributed by atoms with Crippen molar-refractivity contribution >= 4 is 68.8 Å². The van der Waals surface area contributed by atoms with Crippen LogP contribution in [0.15, 0.2) is 71.6 Å². The van der Waals surface area contributed by atoms with Gasteiger partial charge in [-0.2, -0.15) is 0 Å². The molecule has 10 heteroatoms. The summed E-state index contributed by atoms with van der Waals surface area (Å²) in [6, 6.07) is 19.1. The Bertz CT molecular complexity index is 1630. The van der Waals surface area contributed by atoms with Crippen LogP contribution in [0.3, 0.4) is 0 Å². The number of nitro benzene ring substituents is 1. The number of aromatic nitrogens is 1. The van der Waals surface area contributed by atoms with Gasteiger partial charge in [-0.1, -0.05) is 59.6 Å². The van der Waals surface area contributed by atoms with Gasteiger partial charge < -0.3 is 4.57 Å². The number of nitrogens with zero attached hydrogens (tertiary/aromatic N) is 3.